The molecule has 9 heteroatoms. The van der Waals surface area contributed by atoms with Crippen LogP contribution < -0.4 is 5.73 Å². The monoisotopic (exact) mass is 408 g/mol. The van der Waals surface area contributed by atoms with E-state index in [1.807, 2.05) is 18.2 Å². The normalized spacial score (nSPS) is 18.1. The fourth-order valence-electron chi connectivity index (χ4n) is 3.07. The summed E-state index contributed by atoms with van der Waals surface area (Å²) < 4.78 is 27.6. The molecule has 1 aromatic carbocycles. The van der Waals surface area contributed by atoms with Crippen LogP contribution in [-0.4, -0.2) is 48.9 Å². The number of hydrogen-bond donors (Lipinski definition) is 2. The number of carboxylic acids is 1. The summed E-state index contributed by atoms with van der Waals surface area (Å²) in [5.41, 5.74) is 6.87. The topological polar surface area (TPSA) is 109 Å². The third-order valence-electron chi connectivity index (χ3n) is 4.46. The molecular formula is C19H25FN4O3S. The summed E-state index contributed by atoms with van der Waals surface area (Å²) in [7, 11) is -1.05. The van der Waals surface area contributed by atoms with Gasteiger partial charge in [-0.2, -0.15) is 0 Å². The smallest absolute Gasteiger partial charge is 0.338 e. The maximum absolute atomic E-state index is 14.0. The van der Waals surface area contributed by atoms with Crippen molar-refractivity contribution in [3.05, 3.63) is 41.5 Å². The molecule has 0 aliphatic carbocycles. The number of nitrogens with two attached hydrogens (primary N) is 1. The number of anilines is 1. The zero-order chi connectivity index (χ0) is 20.8. The third-order valence-corrected chi connectivity index (χ3v) is 5.52. The van der Waals surface area contributed by atoms with Crippen molar-refractivity contribution in [3.63, 3.8) is 0 Å². The van der Waals surface area contributed by atoms with Crippen LogP contribution in [0.25, 0.3) is 11.3 Å². The molecule has 1 saturated heterocycles. The standard InChI is InChI=1S/C17H19FN4O3S.C2H6/c1-26(25)22-6-2-3-11(9-22)14-8-20-16(19)15(21-14)10-4-5-12(17(23)24)13(18)7-10;1-2/h4-5,7-8,11H,2-3,6,9H2,1H3,(H2,19,20)(H,23,24);1-2H3. The maximum atomic E-state index is 14.0. The van der Waals surface area contributed by atoms with Gasteiger partial charge in [0, 0.05) is 30.8 Å². The Kier molecular flexibility index (Phi) is 7.59. The number of hydrogen-bond acceptors (Lipinski definition) is 5. The van der Waals surface area contributed by atoms with Crippen LogP contribution in [0.3, 0.4) is 0 Å². The van der Waals surface area contributed by atoms with Gasteiger partial charge in [-0.3, -0.25) is 0 Å². The number of carbonyl (C=O) groups is 1. The summed E-state index contributed by atoms with van der Waals surface area (Å²) in [5.74, 6) is -1.99. The van der Waals surface area contributed by atoms with Gasteiger partial charge in [0.25, 0.3) is 0 Å². The highest BCUT2D eigenvalue weighted by Gasteiger charge is 2.25. The summed E-state index contributed by atoms with van der Waals surface area (Å²) in [6.45, 7) is 5.38. The Balaban J connectivity index is 0.00000136. The van der Waals surface area contributed by atoms with Gasteiger partial charge in [-0.25, -0.2) is 27.7 Å². The predicted molar refractivity (Wildman–Crippen MR) is 108 cm³/mol. The van der Waals surface area contributed by atoms with Gasteiger partial charge in [-0.05, 0) is 25.0 Å². The van der Waals surface area contributed by atoms with Gasteiger partial charge in [0.2, 0.25) is 0 Å². The van der Waals surface area contributed by atoms with Crippen molar-refractivity contribution in [1.82, 2.24) is 14.3 Å². The zero-order valence-corrected chi connectivity index (χ0v) is 17.0. The molecule has 2 unspecified atom stereocenters. The van der Waals surface area contributed by atoms with Gasteiger partial charge in [0.1, 0.15) is 17.3 Å². The van der Waals surface area contributed by atoms with Crippen LogP contribution in [0.1, 0.15) is 48.7 Å². The molecule has 3 N–H and O–H groups in total. The molecule has 7 nitrogen and oxygen atoms in total. The highest BCUT2D eigenvalue weighted by atomic mass is 32.2. The van der Waals surface area contributed by atoms with Gasteiger partial charge in [-0.1, -0.05) is 19.9 Å². The van der Waals surface area contributed by atoms with Gasteiger partial charge < -0.3 is 10.8 Å². The first kappa shape index (κ1) is 21.9. The summed E-state index contributed by atoms with van der Waals surface area (Å²) in [4.78, 5) is 19.7. The lowest BCUT2D eigenvalue weighted by molar-refractivity contribution is 0.0692. The number of benzene rings is 1. The number of rotatable bonds is 4. The SMILES string of the molecule is CC.CS(=O)N1CCCC(c2cnc(N)c(-c3ccc(C(=O)O)c(F)c3)n2)C1. The molecule has 0 radical (unpaired) electrons. The molecule has 0 saturated carbocycles. The average molecular weight is 408 g/mol. The molecule has 1 aromatic heterocycles. The second kappa shape index (κ2) is 9.70. The first-order valence-electron chi connectivity index (χ1n) is 9.11. The number of piperidine rings is 1. The summed E-state index contributed by atoms with van der Waals surface area (Å²) in [6.07, 6.45) is 5.02. The van der Waals surface area contributed by atoms with Crippen molar-refractivity contribution < 1.29 is 18.5 Å². The second-order valence-electron chi connectivity index (χ2n) is 6.18. The van der Waals surface area contributed by atoms with E-state index in [4.69, 9.17) is 10.8 Å². The van der Waals surface area contributed by atoms with E-state index in [1.54, 1.807) is 12.5 Å². The second-order valence-corrected chi connectivity index (χ2v) is 7.54. The van der Waals surface area contributed by atoms with Gasteiger partial charge in [0.05, 0.1) is 28.4 Å². The highest BCUT2D eigenvalue weighted by Crippen LogP contribution is 2.30. The van der Waals surface area contributed by atoms with Gasteiger partial charge >= 0.3 is 5.97 Å². The van der Waals surface area contributed by atoms with Crippen LogP contribution in [0.4, 0.5) is 10.2 Å². The summed E-state index contributed by atoms with van der Waals surface area (Å²) in [5, 5.41) is 8.94. The fraction of sp³-hybridized carbons (Fsp3) is 0.421. The van der Waals surface area contributed by atoms with E-state index in [1.165, 1.54) is 12.1 Å². The van der Waals surface area contributed by atoms with E-state index in [2.05, 4.69) is 9.97 Å². The first-order chi connectivity index (χ1) is 13.4. The van der Waals surface area contributed by atoms with Crippen molar-refractivity contribution in [2.24, 2.45) is 0 Å². The van der Waals surface area contributed by atoms with Crippen molar-refractivity contribution in [2.45, 2.75) is 32.6 Å². The molecule has 28 heavy (non-hydrogen) atoms. The molecule has 2 heterocycles. The van der Waals surface area contributed by atoms with E-state index < -0.39 is 28.3 Å². The lowest BCUT2D eigenvalue weighted by atomic mass is 9.96. The number of aromatic carboxylic acids is 1. The lowest BCUT2D eigenvalue weighted by Gasteiger charge is -2.30. The third kappa shape index (κ3) is 4.90. The quantitative estimate of drug-likeness (QED) is 0.805. The molecule has 0 bridgehead atoms. The van der Waals surface area contributed by atoms with Crippen LogP contribution >= 0.6 is 0 Å². The van der Waals surface area contributed by atoms with Crippen LogP contribution in [0.15, 0.2) is 24.4 Å². The predicted octanol–water partition coefficient (Wildman–Crippen LogP) is 3.06. The molecule has 2 aromatic rings. The molecule has 3 rings (SSSR count). The molecule has 1 fully saturated rings. The van der Waals surface area contributed by atoms with Crippen LogP contribution in [0, 0.1) is 5.82 Å². The lowest BCUT2D eigenvalue weighted by Crippen LogP contribution is -2.35. The Bertz CT molecular complexity index is 878. The van der Waals surface area contributed by atoms with Crippen molar-refractivity contribution in [2.75, 3.05) is 25.1 Å². The maximum Gasteiger partial charge on any atom is 0.338 e. The van der Waals surface area contributed by atoms with E-state index in [0.29, 0.717) is 23.5 Å². The number of carboxylic acid groups (broad SMARTS) is 1. The van der Waals surface area contributed by atoms with Crippen molar-refractivity contribution in [3.8, 4) is 11.3 Å². The average Bonchev–Trinajstić information content (AvgIpc) is 2.69. The Morgan fingerprint density at radius 2 is 2.11 bits per heavy atom. The largest absolute Gasteiger partial charge is 0.478 e. The minimum Gasteiger partial charge on any atom is -0.478 e. The van der Waals surface area contributed by atoms with E-state index >= 15 is 0 Å². The number of nitrogens with zero attached hydrogens (tertiary/aromatic N) is 3. The number of aromatic nitrogens is 2. The molecule has 152 valence electrons. The Morgan fingerprint density at radius 1 is 1.39 bits per heavy atom. The zero-order valence-electron chi connectivity index (χ0n) is 16.2. The van der Waals surface area contributed by atoms with Crippen molar-refractivity contribution >= 4 is 22.8 Å². The number of halogens is 1. The molecule has 1 aliphatic heterocycles. The molecule has 0 amide bonds. The van der Waals surface area contributed by atoms with Crippen LogP contribution in [0.2, 0.25) is 0 Å². The molecule has 1 aliphatic rings. The van der Waals surface area contributed by atoms with E-state index in [9.17, 15) is 13.4 Å². The minimum absolute atomic E-state index is 0.0580. The van der Waals surface area contributed by atoms with E-state index in [0.717, 1.165) is 25.5 Å². The molecule has 2 atom stereocenters. The molecular weight excluding hydrogens is 383 g/mol. The van der Waals surface area contributed by atoms with Gasteiger partial charge in [-0.15, -0.1) is 0 Å². The van der Waals surface area contributed by atoms with Crippen molar-refractivity contribution in [1.29, 1.82) is 0 Å². The summed E-state index contributed by atoms with van der Waals surface area (Å²) in [6, 6.07) is 3.75. The molecule has 0 spiro atoms. The summed E-state index contributed by atoms with van der Waals surface area (Å²) >= 11 is 0. The Hall–Kier alpha value is -2.39. The van der Waals surface area contributed by atoms with Crippen LogP contribution in [-0.2, 0) is 11.0 Å². The van der Waals surface area contributed by atoms with Gasteiger partial charge in [0.15, 0.2) is 0 Å². The van der Waals surface area contributed by atoms with E-state index in [-0.39, 0.29) is 11.7 Å². The number of nitrogen functional groups attached to an aromatic ring is 1. The Morgan fingerprint density at radius 3 is 2.71 bits per heavy atom. The van der Waals surface area contributed by atoms with Crippen LogP contribution in [0.5, 0.6) is 0 Å². The first-order valence-corrected chi connectivity index (χ1v) is 10.6. The minimum atomic E-state index is -1.34. The Labute approximate surface area is 166 Å². The highest BCUT2D eigenvalue weighted by molar-refractivity contribution is 7.81. The fourth-order valence-corrected chi connectivity index (χ4v) is 3.85.